The minimum Gasteiger partial charge on any atom is -0.469 e. The fourth-order valence-corrected chi connectivity index (χ4v) is 8.36. The zero-order valence-electron chi connectivity index (χ0n) is 22.4. The Balaban J connectivity index is 1.27. The maximum atomic E-state index is 12.7. The van der Waals surface area contributed by atoms with Crippen LogP contribution in [0.25, 0.3) is 0 Å². The summed E-state index contributed by atoms with van der Waals surface area (Å²) in [5, 5.41) is 0. The van der Waals surface area contributed by atoms with Crippen LogP contribution in [0, 0.1) is 34.5 Å². The average Bonchev–Trinajstić information content (AvgIpc) is 3.25. The summed E-state index contributed by atoms with van der Waals surface area (Å²) >= 11 is 0. The molecule has 2 saturated carbocycles. The van der Waals surface area contributed by atoms with Gasteiger partial charge in [0, 0.05) is 6.42 Å². The number of ether oxygens (including phenoxy) is 2. The molecule has 0 heterocycles. The molecular weight excluding hydrogens is 448 g/mol. The molecule has 1 aromatic carbocycles. The van der Waals surface area contributed by atoms with E-state index in [1.165, 1.54) is 20.0 Å². The Hall–Kier alpha value is -2.36. The van der Waals surface area contributed by atoms with E-state index in [0.717, 1.165) is 38.5 Å². The first-order valence-corrected chi connectivity index (χ1v) is 14.0. The van der Waals surface area contributed by atoms with Gasteiger partial charge >= 0.3 is 11.9 Å². The van der Waals surface area contributed by atoms with Crippen molar-refractivity contribution in [1.29, 1.82) is 0 Å². The number of fused-ring (bicyclic) bond motifs is 5. The first-order valence-electron chi connectivity index (χ1n) is 14.0. The lowest BCUT2D eigenvalue weighted by Gasteiger charge is -2.57. The van der Waals surface area contributed by atoms with Crippen molar-refractivity contribution in [2.75, 3.05) is 7.11 Å². The molecule has 4 aliphatic rings. The van der Waals surface area contributed by atoms with Crippen LogP contribution in [-0.4, -0.2) is 25.2 Å². The summed E-state index contributed by atoms with van der Waals surface area (Å²) in [5.41, 5.74) is 4.34. The Morgan fingerprint density at radius 3 is 2.58 bits per heavy atom. The third-order valence-corrected chi connectivity index (χ3v) is 10.4. The van der Waals surface area contributed by atoms with Crippen LogP contribution < -0.4 is 0 Å². The van der Waals surface area contributed by atoms with Crippen molar-refractivity contribution in [3.05, 3.63) is 59.2 Å². The van der Waals surface area contributed by atoms with Gasteiger partial charge in [-0.05, 0) is 98.0 Å². The lowest BCUT2D eigenvalue weighted by atomic mass is 9.48. The van der Waals surface area contributed by atoms with E-state index in [1.54, 1.807) is 11.1 Å². The van der Waals surface area contributed by atoms with Gasteiger partial charge in [-0.3, -0.25) is 4.79 Å². The third-order valence-electron chi connectivity index (χ3n) is 10.4. The second-order valence-electron chi connectivity index (χ2n) is 12.3. The molecule has 0 aromatic heterocycles. The molecule has 4 aliphatic carbocycles. The lowest BCUT2D eigenvalue weighted by molar-refractivity contribution is -0.140. The Morgan fingerprint density at radius 1 is 1.06 bits per heavy atom. The van der Waals surface area contributed by atoms with E-state index in [1.807, 2.05) is 30.3 Å². The predicted molar refractivity (Wildman–Crippen MR) is 141 cm³/mol. The van der Waals surface area contributed by atoms with Crippen LogP contribution in [0.15, 0.2) is 53.6 Å². The molecule has 0 amide bonds. The van der Waals surface area contributed by atoms with E-state index in [9.17, 15) is 9.59 Å². The minimum absolute atomic E-state index is 0.0252. The van der Waals surface area contributed by atoms with Gasteiger partial charge in [0.1, 0.15) is 6.10 Å². The summed E-state index contributed by atoms with van der Waals surface area (Å²) in [6.45, 7) is 7.26. The van der Waals surface area contributed by atoms with Gasteiger partial charge in [0.05, 0.1) is 12.7 Å². The average molecular weight is 491 g/mol. The van der Waals surface area contributed by atoms with Crippen LogP contribution >= 0.6 is 0 Å². The number of carbonyl (C=O) groups is 2. The molecule has 0 aliphatic heterocycles. The fraction of sp³-hybridized carbons (Fsp3) is 0.625. The smallest absolute Gasteiger partial charge is 0.338 e. The van der Waals surface area contributed by atoms with Gasteiger partial charge in [-0.25, -0.2) is 4.79 Å². The second kappa shape index (κ2) is 9.84. The highest BCUT2D eigenvalue weighted by Crippen LogP contribution is 2.65. The number of methoxy groups -OCH3 is 1. The molecule has 194 valence electrons. The molecule has 0 saturated heterocycles. The maximum absolute atomic E-state index is 12.7. The number of rotatable bonds is 6. The van der Waals surface area contributed by atoms with Gasteiger partial charge in [-0.2, -0.15) is 0 Å². The van der Waals surface area contributed by atoms with Crippen LogP contribution in [0.3, 0.4) is 0 Å². The maximum Gasteiger partial charge on any atom is 0.338 e. The molecule has 0 N–H and O–H groups in total. The predicted octanol–water partition coefficient (Wildman–Crippen LogP) is 7.30. The quantitative estimate of drug-likeness (QED) is 0.310. The molecule has 4 unspecified atom stereocenters. The molecule has 36 heavy (non-hydrogen) atoms. The third kappa shape index (κ3) is 4.35. The van der Waals surface area contributed by atoms with Gasteiger partial charge in [-0.15, -0.1) is 0 Å². The van der Waals surface area contributed by atoms with Crippen LogP contribution in [0.4, 0.5) is 0 Å². The molecule has 0 radical (unpaired) electrons. The summed E-state index contributed by atoms with van der Waals surface area (Å²) in [4.78, 5) is 24.4. The van der Waals surface area contributed by atoms with E-state index in [-0.39, 0.29) is 28.9 Å². The number of hydrogen-bond acceptors (Lipinski definition) is 4. The monoisotopic (exact) mass is 490 g/mol. The van der Waals surface area contributed by atoms with Crippen LogP contribution in [0.5, 0.6) is 0 Å². The van der Waals surface area contributed by atoms with Crippen LogP contribution in [0.2, 0.25) is 0 Å². The second-order valence-corrected chi connectivity index (χ2v) is 12.3. The fourth-order valence-electron chi connectivity index (χ4n) is 8.36. The first kappa shape index (κ1) is 25.3. The molecule has 4 nitrogen and oxygen atoms in total. The molecule has 4 heteroatoms. The SMILES string of the molecule is COC(=O)CC[C@@H](C)C1=CCC2[C@@H]3CCC4C[C@@H](OC(=O)c5ccccc5)CCC4(C)C3=CCC12C. The normalized spacial score (nSPS) is 35.9. The van der Waals surface area contributed by atoms with E-state index >= 15 is 0 Å². The number of esters is 2. The molecule has 7 atom stereocenters. The number of hydrogen-bond donors (Lipinski definition) is 0. The summed E-state index contributed by atoms with van der Waals surface area (Å²) in [7, 11) is 1.48. The first-order chi connectivity index (χ1) is 17.3. The van der Waals surface area contributed by atoms with E-state index < -0.39 is 0 Å². The van der Waals surface area contributed by atoms with Crippen molar-refractivity contribution < 1.29 is 19.1 Å². The topological polar surface area (TPSA) is 52.6 Å². The van der Waals surface area contributed by atoms with Crippen molar-refractivity contribution in [2.45, 2.75) is 84.7 Å². The van der Waals surface area contributed by atoms with Gasteiger partial charge in [0.25, 0.3) is 0 Å². The Labute approximate surface area is 216 Å². The van der Waals surface area contributed by atoms with Gasteiger partial charge in [0.15, 0.2) is 0 Å². The molecule has 2 fully saturated rings. The summed E-state index contributed by atoms with van der Waals surface area (Å²) in [6.07, 6.45) is 14.3. The Morgan fingerprint density at radius 2 is 1.83 bits per heavy atom. The van der Waals surface area contributed by atoms with Gasteiger partial charge < -0.3 is 9.47 Å². The standard InChI is InChI=1S/C32H42O4/c1-21(10-15-29(33)35-4)26-13-14-27-25-12-11-23-20-24(36-30(34)22-8-6-5-7-9-22)16-18-31(23,2)28(25)17-19-32(26,27)3/h5-9,13,17,21,23-25,27H,10-12,14-16,18-20H2,1-4H3/t21-,23?,24+,25+,27?,31?,32?/m1/s1. The number of allylic oxidation sites excluding steroid dienone is 4. The van der Waals surface area contributed by atoms with Gasteiger partial charge in [-0.1, -0.05) is 62.3 Å². The molecule has 0 spiro atoms. The van der Waals surface area contributed by atoms with Gasteiger partial charge in [0.2, 0.25) is 0 Å². The summed E-state index contributed by atoms with van der Waals surface area (Å²) in [6, 6.07) is 9.38. The van der Waals surface area contributed by atoms with E-state index in [2.05, 4.69) is 32.9 Å². The lowest BCUT2D eigenvalue weighted by Crippen LogP contribution is -2.48. The Kier molecular flexibility index (Phi) is 6.91. The summed E-state index contributed by atoms with van der Waals surface area (Å²) < 4.78 is 10.9. The van der Waals surface area contributed by atoms with Crippen molar-refractivity contribution in [2.24, 2.45) is 34.5 Å². The highest BCUT2D eigenvalue weighted by Gasteiger charge is 2.55. The van der Waals surface area contributed by atoms with E-state index in [0.29, 0.717) is 35.7 Å². The molecule has 0 bridgehead atoms. The molecule has 1 aromatic rings. The zero-order valence-corrected chi connectivity index (χ0v) is 22.4. The van der Waals surface area contributed by atoms with Crippen LogP contribution in [-0.2, 0) is 14.3 Å². The van der Waals surface area contributed by atoms with Crippen molar-refractivity contribution >= 4 is 11.9 Å². The zero-order chi connectivity index (χ0) is 25.5. The number of benzene rings is 1. The highest BCUT2D eigenvalue weighted by molar-refractivity contribution is 5.89. The molecular formula is C32H42O4. The van der Waals surface area contributed by atoms with E-state index in [4.69, 9.17) is 9.47 Å². The number of carbonyl (C=O) groups excluding carboxylic acids is 2. The highest BCUT2D eigenvalue weighted by atomic mass is 16.5. The largest absolute Gasteiger partial charge is 0.469 e. The van der Waals surface area contributed by atoms with Crippen molar-refractivity contribution in [1.82, 2.24) is 0 Å². The Bertz CT molecular complexity index is 1060. The summed E-state index contributed by atoms with van der Waals surface area (Å²) in [5.74, 6) is 2.02. The van der Waals surface area contributed by atoms with Crippen molar-refractivity contribution in [3.8, 4) is 0 Å². The van der Waals surface area contributed by atoms with Crippen molar-refractivity contribution in [3.63, 3.8) is 0 Å². The molecule has 5 rings (SSSR count). The van der Waals surface area contributed by atoms with Crippen LogP contribution in [0.1, 0.15) is 88.9 Å². The minimum atomic E-state index is -0.184.